The number of rotatable bonds is 5. The highest BCUT2D eigenvalue weighted by Crippen LogP contribution is 2.47. The van der Waals surface area contributed by atoms with E-state index in [0.717, 1.165) is 23.7 Å². The smallest absolute Gasteiger partial charge is 0.128 e. The van der Waals surface area contributed by atoms with Crippen LogP contribution in [-0.4, -0.2) is 0 Å². The van der Waals surface area contributed by atoms with Gasteiger partial charge in [0.25, 0.3) is 0 Å². The molecule has 0 radical (unpaired) electrons. The van der Waals surface area contributed by atoms with Gasteiger partial charge in [-0.2, -0.15) is 0 Å². The van der Waals surface area contributed by atoms with E-state index in [1.54, 1.807) is 0 Å². The largest absolute Gasteiger partial charge is 0.464 e. The van der Waals surface area contributed by atoms with Crippen LogP contribution in [0.3, 0.4) is 0 Å². The van der Waals surface area contributed by atoms with Crippen LogP contribution in [0.15, 0.2) is 34.7 Å². The number of benzene rings is 1. The first-order chi connectivity index (χ1) is 10.0. The minimum atomic E-state index is -0.428. The molecule has 1 heterocycles. The van der Waals surface area contributed by atoms with E-state index in [4.69, 9.17) is 4.42 Å². The van der Waals surface area contributed by atoms with Gasteiger partial charge in [-0.1, -0.05) is 6.92 Å². The first-order valence-corrected chi connectivity index (χ1v) is 7.31. The van der Waals surface area contributed by atoms with Crippen LogP contribution in [0, 0.1) is 17.6 Å². The second-order valence-electron chi connectivity index (χ2n) is 5.89. The molecule has 3 rings (SSSR count). The number of furan rings is 1. The molecule has 3 atom stereocenters. The van der Waals surface area contributed by atoms with Crippen LogP contribution in [0.5, 0.6) is 0 Å². The molecule has 3 unspecified atom stereocenters. The Labute approximate surface area is 123 Å². The van der Waals surface area contributed by atoms with Crippen molar-refractivity contribution in [1.82, 2.24) is 5.32 Å². The molecule has 1 aliphatic rings. The minimum Gasteiger partial charge on any atom is -0.464 e. The summed E-state index contributed by atoms with van der Waals surface area (Å²) in [7, 11) is 0. The molecule has 0 spiro atoms. The van der Waals surface area contributed by atoms with E-state index >= 15 is 0 Å². The van der Waals surface area contributed by atoms with Crippen LogP contribution < -0.4 is 5.32 Å². The van der Waals surface area contributed by atoms with Gasteiger partial charge in [0.15, 0.2) is 0 Å². The minimum absolute atomic E-state index is 0.283. The second-order valence-corrected chi connectivity index (χ2v) is 5.89. The van der Waals surface area contributed by atoms with E-state index in [0.29, 0.717) is 23.9 Å². The quantitative estimate of drug-likeness (QED) is 0.875. The molecule has 1 fully saturated rings. The molecule has 1 aromatic heterocycles. The van der Waals surface area contributed by atoms with Crippen molar-refractivity contribution >= 4 is 0 Å². The molecule has 1 aliphatic carbocycles. The van der Waals surface area contributed by atoms with Gasteiger partial charge < -0.3 is 9.73 Å². The normalized spacial score (nSPS) is 22.3. The Morgan fingerprint density at radius 3 is 2.76 bits per heavy atom. The van der Waals surface area contributed by atoms with Crippen LogP contribution in [-0.2, 0) is 6.54 Å². The lowest BCUT2D eigenvalue weighted by atomic mass is 10.1. The maximum atomic E-state index is 13.7. The first kappa shape index (κ1) is 14.3. The third-order valence-corrected chi connectivity index (χ3v) is 4.16. The molecule has 21 heavy (non-hydrogen) atoms. The molecular weight excluding hydrogens is 272 g/mol. The van der Waals surface area contributed by atoms with Crippen LogP contribution in [0.4, 0.5) is 8.78 Å². The highest BCUT2D eigenvalue weighted by Gasteiger charge is 2.36. The lowest BCUT2D eigenvalue weighted by Gasteiger charge is -2.14. The fraction of sp³-hybridized carbons (Fsp3) is 0.412. The van der Waals surface area contributed by atoms with Crippen LogP contribution in [0.25, 0.3) is 0 Å². The fourth-order valence-electron chi connectivity index (χ4n) is 2.62. The fourth-order valence-corrected chi connectivity index (χ4v) is 2.62. The Morgan fingerprint density at radius 2 is 2.05 bits per heavy atom. The average molecular weight is 291 g/mol. The molecule has 2 nitrogen and oxygen atoms in total. The molecule has 2 aromatic rings. The van der Waals surface area contributed by atoms with Crippen molar-refractivity contribution in [3.63, 3.8) is 0 Å². The second kappa shape index (κ2) is 5.60. The average Bonchev–Trinajstić information content (AvgIpc) is 3.01. The molecule has 0 bridgehead atoms. The zero-order valence-corrected chi connectivity index (χ0v) is 12.2. The van der Waals surface area contributed by atoms with Crippen molar-refractivity contribution in [2.24, 2.45) is 5.92 Å². The summed E-state index contributed by atoms with van der Waals surface area (Å²) in [6, 6.07) is 7.19. The predicted molar refractivity (Wildman–Crippen MR) is 76.8 cm³/mol. The van der Waals surface area contributed by atoms with Crippen LogP contribution in [0.2, 0.25) is 0 Å². The standard InChI is InChI=1S/C17H19F2NO/c1-10-7-14(10)17-6-4-13(21-17)9-20-11(2)15-8-12(18)3-5-16(15)19/h3-6,8,10-11,14,20H,7,9H2,1-2H3. The van der Waals surface area contributed by atoms with E-state index in [2.05, 4.69) is 12.2 Å². The zero-order valence-electron chi connectivity index (χ0n) is 12.2. The highest BCUT2D eigenvalue weighted by molar-refractivity contribution is 5.22. The number of hydrogen-bond donors (Lipinski definition) is 1. The monoisotopic (exact) mass is 291 g/mol. The maximum Gasteiger partial charge on any atom is 0.128 e. The Morgan fingerprint density at radius 1 is 1.29 bits per heavy atom. The summed E-state index contributed by atoms with van der Waals surface area (Å²) in [5.41, 5.74) is 0.331. The van der Waals surface area contributed by atoms with Gasteiger partial charge in [-0.25, -0.2) is 8.78 Å². The van der Waals surface area contributed by atoms with Gasteiger partial charge in [-0.05, 0) is 49.6 Å². The molecule has 0 amide bonds. The third-order valence-electron chi connectivity index (χ3n) is 4.16. The lowest BCUT2D eigenvalue weighted by molar-refractivity contribution is 0.425. The Balaban J connectivity index is 1.61. The van der Waals surface area contributed by atoms with Crippen LogP contribution in [0.1, 0.15) is 49.3 Å². The summed E-state index contributed by atoms with van der Waals surface area (Å²) >= 11 is 0. The SMILES string of the molecule is CC(NCc1ccc(C2CC2C)o1)c1cc(F)ccc1F. The number of halogens is 2. The van der Waals surface area contributed by atoms with Crippen molar-refractivity contribution in [3.8, 4) is 0 Å². The molecular formula is C17H19F2NO. The van der Waals surface area contributed by atoms with Gasteiger partial charge in [-0.3, -0.25) is 0 Å². The predicted octanol–water partition coefficient (Wildman–Crippen LogP) is 4.53. The molecule has 0 aliphatic heterocycles. The number of nitrogens with one attached hydrogen (secondary N) is 1. The summed E-state index contributed by atoms with van der Waals surface area (Å²) in [6.45, 7) is 4.52. The molecule has 112 valence electrons. The summed E-state index contributed by atoms with van der Waals surface area (Å²) in [4.78, 5) is 0. The van der Waals surface area contributed by atoms with E-state index in [9.17, 15) is 8.78 Å². The van der Waals surface area contributed by atoms with E-state index in [-0.39, 0.29) is 6.04 Å². The van der Waals surface area contributed by atoms with Gasteiger partial charge >= 0.3 is 0 Å². The number of hydrogen-bond acceptors (Lipinski definition) is 2. The van der Waals surface area contributed by atoms with E-state index in [1.165, 1.54) is 12.5 Å². The van der Waals surface area contributed by atoms with Gasteiger partial charge in [0.1, 0.15) is 23.2 Å². The Hall–Kier alpha value is -1.68. The van der Waals surface area contributed by atoms with Gasteiger partial charge in [0, 0.05) is 17.5 Å². The molecule has 1 saturated carbocycles. The van der Waals surface area contributed by atoms with Crippen molar-refractivity contribution in [1.29, 1.82) is 0 Å². The van der Waals surface area contributed by atoms with Crippen molar-refractivity contribution < 1.29 is 13.2 Å². The topological polar surface area (TPSA) is 25.2 Å². The van der Waals surface area contributed by atoms with Gasteiger partial charge in [-0.15, -0.1) is 0 Å². The Bertz CT molecular complexity index is 637. The summed E-state index contributed by atoms with van der Waals surface area (Å²) in [5, 5.41) is 3.17. The molecule has 4 heteroatoms. The van der Waals surface area contributed by atoms with Gasteiger partial charge in [0.05, 0.1) is 6.54 Å². The lowest BCUT2D eigenvalue weighted by Crippen LogP contribution is -2.19. The summed E-state index contributed by atoms with van der Waals surface area (Å²) in [6.07, 6.45) is 1.19. The highest BCUT2D eigenvalue weighted by atomic mass is 19.1. The van der Waals surface area contributed by atoms with E-state index in [1.807, 2.05) is 19.1 Å². The summed E-state index contributed by atoms with van der Waals surface area (Å²) < 4.78 is 32.7. The van der Waals surface area contributed by atoms with Crippen molar-refractivity contribution in [3.05, 3.63) is 59.1 Å². The summed E-state index contributed by atoms with van der Waals surface area (Å²) in [5.74, 6) is 2.29. The third kappa shape index (κ3) is 3.16. The van der Waals surface area contributed by atoms with Crippen molar-refractivity contribution in [2.75, 3.05) is 0 Å². The zero-order chi connectivity index (χ0) is 15.0. The molecule has 0 saturated heterocycles. The first-order valence-electron chi connectivity index (χ1n) is 7.31. The Kier molecular flexibility index (Phi) is 3.81. The molecule has 1 N–H and O–H groups in total. The maximum absolute atomic E-state index is 13.7. The molecule has 1 aromatic carbocycles. The van der Waals surface area contributed by atoms with Gasteiger partial charge in [0.2, 0.25) is 0 Å². The van der Waals surface area contributed by atoms with E-state index < -0.39 is 11.6 Å². The van der Waals surface area contributed by atoms with Crippen LogP contribution >= 0.6 is 0 Å². The van der Waals surface area contributed by atoms with Crippen molar-refractivity contribution in [2.45, 2.75) is 38.8 Å².